The molecule has 4 N–H and O–H groups in total. The summed E-state index contributed by atoms with van der Waals surface area (Å²) in [6, 6.07) is 6.37. The number of aromatic amines is 1. The van der Waals surface area contributed by atoms with Crippen LogP contribution >= 0.6 is 22.9 Å². The van der Waals surface area contributed by atoms with E-state index in [4.69, 9.17) is 26.8 Å². The van der Waals surface area contributed by atoms with Gasteiger partial charge in [0.2, 0.25) is 5.78 Å². The molecule has 3 aliphatic rings. The van der Waals surface area contributed by atoms with Gasteiger partial charge in [-0.15, -0.1) is 11.3 Å². The molecule has 11 nitrogen and oxygen atoms in total. The molecule has 2 aromatic heterocycles. The van der Waals surface area contributed by atoms with Crippen molar-refractivity contribution in [2.75, 3.05) is 46.5 Å². The molecular weight excluding hydrogens is 568 g/mol. The molecule has 218 valence electrons. The second kappa shape index (κ2) is 11.3. The normalized spacial score (nSPS) is 24.8. The number of nitrogens with two attached hydrogens (primary N) is 1. The van der Waals surface area contributed by atoms with Crippen molar-refractivity contribution in [3.8, 4) is 0 Å². The van der Waals surface area contributed by atoms with Crippen LogP contribution in [0.25, 0.3) is 10.9 Å². The number of halogens is 1. The molecule has 2 fully saturated rings. The summed E-state index contributed by atoms with van der Waals surface area (Å²) in [6.45, 7) is 3.62. The Hall–Kier alpha value is -3.03. The molecule has 3 aromatic rings. The van der Waals surface area contributed by atoms with Crippen molar-refractivity contribution in [3.05, 3.63) is 50.6 Å². The van der Waals surface area contributed by atoms with Crippen molar-refractivity contribution in [2.24, 2.45) is 11.7 Å². The fraction of sp³-hybridized carbons (Fsp3) is 0.500. The highest BCUT2D eigenvalue weighted by Crippen LogP contribution is 2.37. The monoisotopic (exact) mass is 600 g/mol. The third-order valence-corrected chi connectivity index (χ3v) is 9.52. The fourth-order valence-corrected chi connectivity index (χ4v) is 7.23. The number of nitrogens with one attached hydrogen (secondary N) is 2. The van der Waals surface area contributed by atoms with E-state index in [1.165, 1.54) is 11.3 Å². The molecule has 0 radical (unpaired) electrons. The average Bonchev–Trinajstić information content (AvgIpc) is 3.67. The zero-order valence-corrected chi connectivity index (χ0v) is 24.4. The molecule has 1 aromatic carbocycles. The first kappa shape index (κ1) is 28.1. The highest BCUT2D eigenvalue weighted by atomic mass is 35.5. The van der Waals surface area contributed by atoms with E-state index in [0.717, 1.165) is 41.0 Å². The lowest BCUT2D eigenvalue weighted by atomic mass is 9.86. The molecule has 3 unspecified atom stereocenters. The number of hydrogen-bond acceptors (Lipinski definition) is 9. The molecule has 0 bridgehead atoms. The van der Waals surface area contributed by atoms with Crippen molar-refractivity contribution >= 4 is 51.6 Å². The summed E-state index contributed by atoms with van der Waals surface area (Å²) in [5.41, 5.74) is 7.53. The topological polar surface area (TPSA) is 143 Å². The number of Topliss-reactive ketones (excluding diaryl/α,β-unsaturated/α-hetero) is 1. The number of amides is 2. The summed E-state index contributed by atoms with van der Waals surface area (Å²) in [5, 5.41) is 4.74. The molecule has 4 heterocycles. The molecule has 0 spiro atoms. The Kier molecular flexibility index (Phi) is 7.77. The number of thiazole rings is 1. The molecule has 6 rings (SSSR count). The summed E-state index contributed by atoms with van der Waals surface area (Å²) in [6.07, 6.45) is 0.993. The minimum atomic E-state index is -1.42. The molecule has 1 saturated carbocycles. The van der Waals surface area contributed by atoms with Crippen LogP contribution in [0.15, 0.2) is 24.3 Å². The number of ether oxygens (including phenoxy) is 2. The van der Waals surface area contributed by atoms with Gasteiger partial charge in [0.25, 0.3) is 5.91 Å². The van der Waals surface area contributed by atoms with Gasteiger partial charge in [0.1, 0.15) is 5.54 Å². The summed E-state index contributed by atoms with van der Waals surface area (Å²) in [7, 11) is 2.04. The SMILES string of the molecule is CN1CCc2nc(C(=O)NC3CC(COC(=O)N4CCOCC4)CC3(N)C(=O)c3cc4cc(Cl)ccc4[nH]3)sc2C1. The van der Waals surface area contributed by atoms with Gasteiger partial charge in [0.15, 0.2) is 5.01 Å². The van der Waals surface area contributed by atoms with E-state index in [0.29, 0.717) is 48.4 Å². The largest absolute Gasteiger partial charge is 0.449 e. The number of likely N-dealkylation sites (N-methyl/N-ethyl adjacent to an activating group) is 1. The number of aromatic nitrogens is 2. The summed E-state index contributed by atoms with van der Waals surface area (Å²) < 4.78 is 10.9. The van der Waals surface area contributed by atoms with Crippen LogP contribution in [0.1, 0.15) is 43.7 Å². The molecular formula is C28H33ClN6O5S. The van der Waals surface area contributed by atoms with Gasteiger partial charge < -0.3 is 35.3 Å². The number of benzene rings is 1. The van der Waals surface area contributed by atoms with Crippen LogP contribution in [-0.4, -0.2) is 95.6 Å². The van der Waals surface area contributed by atoms with Crippen LogP contribution in [0.3, 0.4) is 0 Å². The number of H-pyrrole nitrogens is 1. The van der Waals surface area contributed by atoms with Crippen LogP contribution < -0.4 is 11.1 Å². The molecule has 3 atom stereocenters. The van der Waals surface area contributed by atoms with Gasteiger partial charge in [-0.1, -0.05) is 11.6 Å². The van der Waals surface area contributed by atoms with Crippen molar-refractivity contribution in [3.63, 3.8) is 0 Å². The zero-order chi connectivity index (χ0) is 28.7. The van der Waals surface area contributed by atoms with E-state index >= 15 is 0 Å². The van der Waals surface area contributed by atoms with Crippen LogP contribution in [0, 0.1) is 5.92 Å². The summed E-state index contributed by atoms with van der Waals surface area (Å²) in [4.78, 5) is 52.7. The fourth-order valence-electron chi connectivity index (χ4n) is 5.96. The third-order valence-electron chi connectivity index (χ3n) is 8.20. The van der Waals surface area contributed by atoms with E-state index in [1.54, 1.807) is 29.2 Å². The number of ketones is 1. The highest BCUT2D eigenvalue weighted by molar-refractivity contribution is 7.13. The molecule has 41 heavy (non-hydrogen) atoms. The minimum Gasteiger partial charge on any atom is -0.449 e. The predicted octanol–water partition coefficient (Wildman–Crippen LogP) is 2.82. The van der Waals surface area contributed by atoms with Crippen LogP contribution in [0.2, 0.25) is 5.02 Å². The van der Waals surface area contributed by atoms with Gasteiger partial charge in [-0.05, 0) is 50.1 Å². The second-order valence-corrected chi connectivity index (χ2v) is 12.7. The van der Waals surface area contributed by atoms with E-state index in [9.17, 15) is 14.4 Å². The summed E-state index contributed by atoms with van der Waals surface area (Å²) >= 11 is 7.53. The number of hydrogen-bond donors (Lipinski definition) is 3. The smallest absolute Gasteiger partial charge is 0.409 e. The lowest BCUT2D eigenvalue weighted by molar-refractivity contribution is 0.0228. The van der Waals surface area contributed by atoms with E-state index in [-0.39, 0.29) is 30.6 Å². The Morgan fingerprint density at radius 1 is 1.27 bits per heavy atom. The third kappa shape index (κ3) is 5.71. The zero-order valence-electron chi connectivity index (χ0n) is 22.8. The maximum Gasteiger partial charge on any atom is 0.409 e. The first-order valence-electron chi connectivity index (χ1n) is 13.8. The maximum absolute atomic E-state index is 14.0. The lowest BCUT2D eigenvalue weighted by Gasteiger charge is -2.30. The van der Waals surface area contributed by atoms with Crippen molar-refractivity contribution in [1.82, 2.24) is 25.1 Å². The quantitative estimate of drug-likeness (QED) is 0.367. The van der Waals surface area contributed by atoms with Crippen LogP contribution in [0.5, 0.6) is 0 Å². The average molecular weight is 601 g/mol. The Labute approximate surface area is 246 Å². The van der Waals surface area contributed by atoms with Gasteiger partial charge in [-0.25, -0.2) is 9.78 Å². The van der Waals surface area contributed by atoms with Gasteiger partial charge in [0, 0.05) is 53.4 Å². The Morgan fingerprint density at radius 3 is 2.88 bits per heavy atom. The number of carbonyl (C=O) groups is 3. The first-order chi connectivity index (χ1) is 19.7. The molecule has 2 amide bonds. The van der Waals surface area contributed by atoms with Crippen molar-refractivity contribution in [1.29, 1.82) is 0 Å². The summed E-state index contributed by atoms with van der Waals surface area (Å²) in [5.74, 6) is -0.900. The van der Waals surface area contributed by atoms with Crippen LogP contribution in [0.4, 0.5) is 4.79 Å². The number of nitrogens with zero attached hydrogens (tertiary/aromatic N) is 3. The van der Waals surface area contributed by atoms with E-state index in [2.05, 4.69) is 20.2 Å². The minimum absolute atomic E-state index is 0.0922. The Bertz CT molecular complexity index is 1490. The Balaban J connectivity index is 1.22. The first-order valence-corrected chi connectivity index (χ1v) is 15.0. The number of fused-ring (bicyclic) bond motifs is 2. The van der Waals surface area contributed by atoms with Gasteiger partial charge in [-0.3, -0.25) is 9.59 Å². The maximum atomic E-state index is 14.0. The number of carbonyl (C=O) groups excluding carboxylic acids is 3. The molecule has 2 aliphatic heterocycles. The number of rotatable bonds is 6. The highest BCUT2D eigenvalue weighted by Gasteiger charge is 2.51. The van der Waals surface area contributed by atoms with Crippen molar-refractivity contribution in [2.45, 2.75) is 37.4 Å². The van der Waals surface area contributed by atoms with Gasteiger partial charge in [0.05, 0.1) is 37.3 Å². The standard InChI is InChI=1S/C28H33ClN6O5S/c1-34-5-4-20-22(14-34)41-26(32-20)25(37)33-23-10-16(15-40-27(38)35-6-8-39-9-7-35)13-28(23,30)24(36)21-12-17-11-18(29)2-3-19(17)31-21/h2-3,11-12,16,23,31H,4-10,13-15,30H2,1H3,(H,33,37). The van der Waals surface area contributed by atoms with Crippen molar-refractivity contribution < 1.29 is 23.9 Å². The van der Waals surface area contributed by atoms with E-state index < -0.39 is 17.7 Å². The molecule has 13 heteroatoms. The molecule has 1 aliphatic carbocycles. The molecule has 1 saturated heterocycles. The number of morpholine rings is 1. The second-order valence-electron chi connectivity index (χ2n) is 11.2. The van der Waals surface area contributed by atoms with Gasteiger partial charge in [-0.2, -0.15) is 0 Å². The Morgan fingerprint density at radius 2 is 2.07 bits per heavy atom. The van der Waals surface area contributed by atoms with Crippen LogP contribution in [-0.2, 0) is 22.4 Å². The van der Waals surface area contributed by atoms with Gasteiger partial charge >= 0.3 is 6.09 Å². The van der Waals surface area contributed by atoms with E-state index in [1.807, 2.05) is 7.05 Å². The lowest BCUT2D eigenvalue weighted by Crippen LogP contribution is -2.60. The predicted molar refractivity (Wildman–Crippen MR) is 154 cm³/mol.